The van der Waals surface area contributed by atoms with Crippen LogP contribution in [-0.2, 0) is 4.79 Å². The van der Waals surface area contributed by atoms with Crippen molar-refractivity contribution in [2.75, 3.05) is 13.2 Å². The minimum absolute atomic E-state index is 0.00400. The number of benzene rings is 1. The van der Waals surface area contributed by atoms with E-state index >= 15 is 0 Å². The standard InChI is InChI=1S/C12H14ClNO4/c1-2-11(15)14-5-6-18-10-4-3-8(13)7-9(10)12(16)17/h3-4,7H,2,5-6H2,1H3,(H,14,15)(H,16,17). The summed E-state index contributed by atoms with van der Waals surface area (Å²) in [4.78, 5) is 21.9. The van der Waals surface area contributed by atoms with E-state index in [4.69, 9.17) is 21.4 Å². The monoisotopic (exact) mass is 271 g/mol. The van der Waals surface area contributed by atoms with Crippen LogP contribution in [0.4, 0.5) is 0 Å². The molecule has 0 aromatic heterocycles. The lowest BCUT2D eigenvalue weighted by Crippen LogP contribution is -2.27. The Morgan fingerprint density at radius 1 is 1.44 bits per heavy atom. The van der Waals surface area contributed by atoms with Crippen molar-refractivity contribution < 1.29 is 19.4 Å². The highest BCUT2D eigenvalue weighted by molar-refractivity contribution is 6.31. The fraction of sp³-hybridized carbons (Fsp3) is 0.333. The number of halogens is 1. The SMILES string of the molecule is CCC(=O)NCCOc1ccc(Cl)cc1C(=O)O. The van der Waals surface area contributed by atoms with Gasteiger partial charge in [0, 0.05) is 11.4 Å². The zero-order valence-corrected chi connectivity index (χ0v) is 10.7. The maximum atomic E-state index is 11.0. The molecule has 0 fully saturated rings. The second-order valence-corrected chi connectivity index (χ2v) is 3.93. The number of hydrogen-bond donors (Lipinski definition) is 2. The highest BCUT2D eigenvalue weighted by Crippen LogP contribution is 2.22. The van der Waals surface area contributed by atoms with Crippen LogP contribution in [0.15, 0.2) is 18.2 Å². The number of rotatable bonds is 6. The third kappa shape index (κ3) is 4.25. The highest BCUT2D eigenvalue weighted by atomic mass is 35.5. The predicted molar refractivity (Wildman–Crippen MR) is 67.2 cm³/mol. The second kappa shape index (κ2) is 6.86. The van der Waals surface area contributed by atoms with E-state index in [9.17, 15) is 9.59 Å². The molecule has 2 N–H and O–H groups in total. The molecule has 0 spiro atoms. The Bertz CT molecular complexity index is 448. The summed E-state index contributed by atoms with van der Waals surface area (Å²) < 4.78 is 5.29. The van der Waals surface area contributed by atoms with Gasteiger partial charge in [-0.05, 0) is 18.2 Å². The molecule has 1 rings (SSSR count). The third-order valence-corrected chi connectivity index (χ3v) is 2.41. The van der Waals surface area contributed by atoms with Crippen LogP contribution in [0.2, 0.25) is 5.02 Å². The quantitative estimate of drug-likeness (QED) is 0.776. The van der Waals surface area contributed by atoms with Crippen molar-refractivity contribution in [2.45, 2.75) is 13.3 Å². The van der Waals surface area contributed by atoms with Crippen LogP contribution >= 0.6 is 11.6 Å². The maximum absolute atomic E-state index is 11.0. The van der Waals surface area contributed by atoms with Gasteiger partial charge in [0.15, 0.2) is 0 Å². The molecule has 1 aromatic rings. The van der Waals surface area contributed by atoms with Crippen molar-refractivity contribution in [3.8, 4) is 5.75 Å². The van der Waals surface area contributed by atoms with Gasteiger partial charge in [0.1, 0.15) is 17.9 Å². The van der Waals surface area contributed by atoms with Crippen molar-refractivity contribution in [1.82, 2.24) is 5.32 Å². The molecule has 0 heterocycles. The van der Waals surface area contributed by atoms with E-state index in [1.165, 1.54) is 12.1 Å². The number of nitrogens with one attached hydrogen (secondary N) is 1. The van der Waals surface area contributed by atoms with Gasteiger partial charge in [0.2, 0.25) is 5.91 Å². The van der Waals surface area contributed by atoms with E-state index < -0.39 is 5.97 Å². The normalized spacial score (nSPS) is 9.89. The summed E-state index contributed by atoms with van der Waals surface area (Å²) in [5.41, 5.74) is 0.00400. The summed E-state index contributed by atoms with van der Waals surface area (Å²) in [6, 6.07) is 4.37. The Morgan fingerprint density at radius 2 is 2.17 bits per heavy atom. The molecule has 1 aromatic carbocycles. The Kier molecular flexibility index (Phi) is 5.45. The van der Waals surface area contributed by atoms with E-state index in [2.05, 4.69) is 5.32 Å². The molecule has 0 saturated carbocycles. The summed E-state index contributed by atoms with van der Waals surface area (Å²) in [6.07, 6.45) is 0.404. The summed E-state index contributed by atoms with van der Waals surface area (Å²) >= 11 is 5.71. The number of carboxylic acids is 1. The summed E-state index contributed by atoms with van der Waals surface area (Å²) in [5.74, 6) is -0.948. The first-order chi connectivity index (χ1) is 8.54. The molecular formula is C12H14ClNO4. The minimum Gasteiger partial charge on any atom is -0.491 e. The summed E-state index contributed by atoms with van der Waals surface area (Å²) in [7, 11) is 0. The van der Waals surface area contributed by atoms with Gasteiger partial charge in [0.25, 0.3) is 0 Å². The van der Waals surface area contributed by atoms with E-state index in [-0.39, 0.29) is 23.8 Å². The van der Waals surface area contributed by atoms with Crippen molar-refractivity contribution in [2.24, 2.45) is 0 Å². The van der Waals surface area contributed by atoms with Gasteiger partial charge < -0.3 is 15.2 Å². The molecule has 0 atom stereocenters. The van der Waals surface area contributed by atoms with Crippen molar-refractivity contribution in [3.63, 3.8) is 0 Å². The minimum atomic E-state index is -1.11. The van der Waals surface area contributed by atoms with E-state index in [1.807, 2.05) is 0 Å². The molecule has 0 aliphatic rings. The highest BCUT2D eigenvalue weighted by Gasteiger charge is 2.11. The number of hydrogen-bond acceptors (Lipinski definition) is 3. The number of ether oxygens (including phenoxy) is 1. The van der Waals surface area contributed by atoms with Crippen LogP contribution in [0, 0.1) is 0 Å². The van der Waals surface area contributed by atoms with Gasteiger partial charge in [-0.15, -0.1) is 0 Å². The van der Waals surface area contributed by atoms with Crippen molar-refractivity contribution in [1.29, 1.82) is 0 Å². The van der Waals surface area contributed by atoms with Gasteiger partial charge in [-0.3, -0.25) is 4.79 Å². The van der Waals surface area contributed by atoms with Crippen LogP contribution < -0.4 is 10.1 Å². The van der Waals surface area contributed by atoms with Crippen LogP contribution in [-0.4, -0.2) is 30.1 Å². The van der Waals surface area contributed by atoms with Gasteiger partial charge in [-0.25, -0.2) is 4.79 Å². The lowest BCUT2D eigenvalue weighted by atomic mass is 10.2. The smallest absolute Gasteiger partial charge is 0.339 e. The molecule has 1 amide bonds. The van der Waals surface area contributed by atoms with Crippen molar-refractivity contribution in [3.05, 3.63) is 28.8 Å². The van der Waals surface area contributed by atoms with Gasteiger partial charge in [-0.1, -0.05) is 18.5 Å². The molecule has 0 saturated heterocycles. The average molecular weight is 272 g/mol. The van der Waals surface area contributed by atoms with Crippen LogP contribution in [0.3, 0.4) is 0 Å². The lowest BCUT2D eigenvalue weighted by molar-refractivity contribution is -0.120. The molecule has 0 unspecified atom stereocenters. The summed E-state index contributed by atoms with van der Waals surface area (Å²) in [6.45, 7) is 2.28. The Hall–Kier alpha value is -1.75. The first kappa shape index (κ1) is 14.3. The van der Waals surface area contributed by atoms with Crippen LogP contribution in [0.25, 0.3) is 0 Å². The molecule has 0 bridgehead atoms. The Labute approximate surface area is 110 Å². The first-order valence-electron chi connectivity index (χ1n) is 5.47. The van der Waals surface area contributed by atoms with Crippen LogP contribution in [0.1, 0.15) is 23.7 Å². The Morgan fingerprint density at radius 3 is 2.78 bits per heavy atom. The number of carbonyl (C=O) groups excluding carboxylic acids is 1. The zero-order valence-electron chi connectivity index (χ0n) is 9.90. The molecule has 98 valence electrons. The lowest BCUT2D eigenvalue weighted by Gasteiger charge is -2.09. The first-order valence-corrected chi connectivity index (χ1v) is 5.84. The number of aromatic carboxylic acids is 1. The molecule has 0 radical (unpaired) electrons. The molecular weight excluding hydrogens is 258 g/mol. The number of amides is 1. The molecule has 18 heavy (non-hydrogen) atoms. The molecule has 5 nitrogen and oxygen atoms in total. The molecule has 0 aliphatic heterocycles. The topological polar surface area (TPSA) is 75.6 Å². The predicted octanol–water partition coefficient (Wildman–Crippen LogP) is 1.94. The fourth-order valence-corrected chi connectivity index (χ4v) is 1.44. The van der Waals surface area contributed by atoms with Gasteiger partial charge in [-0.2, -0.15) is 0 Å². The van der Waals surface area contributed by atoms with Gasteiger partial charge in [0.05, 0.1) is 6.54 Å². The fourth-order valence-electron chi connectivity index (χ4n) is 1.27. The average Bonchev–Trinajstić information content (AvgIpc) is 2.35. The van der Waals surface area contributed by atoms with Gasteiger partial charge >= 0.3 is 5.97 Å². The third-order valence-electron chi connectivity index (χ3n) is 2.17. The molecule has 0 aliphatic carbocycles. The maximum Gasteiger partial charge on any atom is 0.339 e. The van der Waals surface area contributed by atoms with Crippen LogP contribution in [0.5, 0.6) is 5.75 Å². The second-order valence-electron chi connectivity index (χ2n) is 3.50. The summed E-state index contributed by atoms with van der Waals surface area (Å²) in [5, 5.41) is 11.9. The number of carboxylic acid groups (broad SMARTS) is 1. The van der Waals surface area contributed by atoms with E-state index in [1.54, 1.807) is 13.0 Å². The Balaban J connectivity index is 2.56. The largest absolute Gasteiger partial charge is 0.491 e. The van der Waals surface area contributed by atoms with E-state index in [0.717, 1.165) is 0 Å². The van der Waals surface area contributed by atoms with E-state index in [0.29, 0.717) is 18.0 Å². The zero-order chi connectivity index (χ0) is 13.5. The van der Waals surface area contributed by atoms with Crippen molar-refractivity contribution >= 4 is 23.5 Å². The number of carbonyl (C=O) groups is 2. The molecule has 6 heteroatoms.